The quantitative estimate of drug-likeness (QED) is 0.803. The summed E-state index contributed by atoms with van der Waals surface area (Å²) >= 11 is 0. The minimum Gasteiger partial charge on any atom is -0.508 e. The van der Waals surface area contributed by atoms with Crippen molar-refractivity contribution in [3.05, 3.63) is 29.3 Å². The standard InChI is InChI=1S/C15H21NO/c1-10-3-4-11(2)16(10)14-7-12-5-6-15(17)9-13(12)8-14/h5-6,9-11,14,17H,3-4,7-8H2,1-2H3. The van der Waals surface area contributed by atoms with Crippen molar-refractivity contribution in [3.63, 3.8) is 0 Å². The molecule has 1 saturated heterocycles. The van der Waals surface area contributed by atoms with E-state index in [-0.39, 0.29) is 0 Å². The van der Waals surface area contributed by atoms with Gasteiger partial charge >= 0.3 is 0 Å². The first-order chi connectivity index (χ1) is 8.15. The number of phenols is 1. The number of rotatable bonds is 1. The van der Waals surface area contributed by atoms with Crippen LogP contribution in [0.2, 0.25) is 0 Å². The van der Waals surface area contributed by atoms with Crippen LogP contribution in [0.25, 0.3) is 0 Å². The molecule has 0 radical (unpaired) electrons. The summed E-state index contributed by atoms with van der Waals surface area (Å²) in [6.45, 7) is 4.70. The predicted molar refractivity (Wildman–Crippen MR) is 69.3 cm³/mol. The minimum absolute atomic E-state index is 0.409. The molecule has 3 atom stereocenters. The summed E-state index contributed by atoms with van der Waals surface area (Å²) < 4.78 is 0. The van der Waals surface area contributed by atoms with Gasteiger partial charge in [0, 0.05) is 18.1 Å². The third kappa shape index (κ3) is 1.85. The highest BCUT2D eigenvalue weighted by Gasteiger charge is 2.36. The number of fused-ring (bicyclic) bond motifs is 1. The molecule has 3 rings (SSSR count). The first-order valence-electron chi connectivity index (χ1n) is 6.73. The van der Waals surface area contributed by atoms with Crippen molar-refractivity contribution in [2.24, 2.45) is 0 Å². The van der Waals surface area contributed by atoms with Gasteiger partial charge in [0.2, 0.25) is 0 Å². The van der Waals surface area contributed by atoms with Gasteiger partial charge in [-0.2, -0.15) is 0 Å². The number of hydrogen-bond donors (Lipinski definition) is 1. The van der Waals surface area contributed by atoms with Crippen LogP contribution in [0.1, 0.15) is 37.8 Å². The fourth-order valence-electron chi connectivity index (χ4n) is 3.73. The molecular weight excluding hydrogens is 210 g/mol. The fraction of sp³-hybridized carbons (Fsp3) is 0.600. The molecule has 1 N–H and O–H groups in total. The molecule has 1 heterocycles. The van der Waals surface area contributed by atoms with Crippen molar-refractivity contribution in [1.29, 1.82) is 0 Å². The van der Waals surface area contributed by atoms with Gasteiger partial charge in [-0.1, -0.05) is 6.07 Å². The van der Waals surface area contributed by atoms with Gasteiger partial charge in [0.15, 0.2) is 0 Å². The van der Waals surface area contributed by atoms with Crippen LogP contribution in [0.4, 0.5) is 0 Å². The Bertz CT molecular complexity index is 419. The van der Waals surface area contributed by atoms with Gasteiger partial charge in [0.25, 0.3) is 0 Å². The Kier molecular flexibility index (Phi) is 2.62. The molecule has 0 amide bonds. The number of phenolic OH excluding ortho intramolecular Hbond substituents is 1. The molecule has 2 aliphatic rings. The maximum Gasteiger partial charge on any atom is 0.115 e. The molecule has 2 heteroatoms. The highest BCUT2D eigenvalue weighted by molar-refractivity contribution is 5.39. The Morgan fingerprint density at radius 2 is 1.71 bits per heavy atom. The zero-order valence-corrected chi connectivity index (χ0v) is 10.7. The van der Waals surface area contributed by atoms with Crippen LogP contribution in [0, 0.1) is 0 Å². The molecule has 0 aromatic heterocycles. The van der Waals surface area contributed by atoms with E-state index >= 15 is 0 Å². The van der Waals surface area contributed by atoms with Crippen LogP contribution >= 0.6 is 0 Å². The maximum atomic E-state index is 9.54. The first kappa shape index (κ1) is 11.1. The number of nitrogens with zero attached hydrogens (tertiary/aromatic N) is 1. The van der Waals surface area contributed by atoms with E-state index in [9.17, 15) is 5.11 Å². The monoisotopic (exact) mass is 231 g/mol. The Morgan fingerprint density at radius 1 is 1.06 bits per heavy atom. The van der Waals surface area contributed by atoms with Crippen molar-refractivity contribution in [2.75, 3.05) is 0 Å². The Balaban J connectivity index is 1.81. The second kappa shape index (κ2) is 4.02. The van der Waals surface area contributed by atoms with Gasteiger partial charge in [0.05, 0.1) is 0 Å². The van der Waals surface area contributed by atoms with Crippen LogP contribution in [0.5, 0.6) is 5.75 Å². The lowest BCUT2D eigenvalue weighted by atomic mass is 10.1. The van der Waals surface area contributed by atoms with E-state index < -0.39 is 0 Å². The summed E-state index contributed by atoms with van der Waals surface area (Å²) in [6.07, 6.45) is 4.93. The van der Waals surface area contributed by atoms with Crippen LogP contribution in [0.3, 0.4) is 0 Å². The number of benzene rings is 1. The normalized spacial score (nSPS) is 32.9. The molecule has 17 heavy (non-hydrogen) atoms. The summed E-state index contributed by atoms with van der Waals surface area (Å²) in [5, 5.41) is 9.54. The lowest BCUT2D eigenvalue weighted by molar-refractivity contribution is 0.149. The van der Waals surface area contributed by atoms with E-state index in [2.05, 4.69) is 24.8 Å². The maximum absolute atomic E-state index is 9.54. The Labute approximate surface area is 103 Å². The summed E-state index contributed by atoms with van der Waals surface area (Å²) in [6, 6.07) is 7.95. The second-order valence-electron chi connectivity index (χ2n) is 5.74. The van der Waals surface area contributed by atoms with Crippen molar-refractivity contribution in [1.82, 2.24) is 4.90 Å². The molecule has 2 nitrogen and oxygen atoms in total. The second-order valence-corrected chi connectivity index (χ2v) is 5.74. The van der Waals surface area contributed by atoms with E-state index in [1.54, 1.807) is 0 Å². The molecule has 1 fully saturated rings. The van der Waals surface area contributed by atoms with Gasteiger partial charge in [-0.05, 0) is 62.8 Å². The fourth-order valence-corrected chi connectivity index (χ4v) is 3.73. The zero-order valence-electron chi connectivity index (χ0n) is 10.7. The molecule has 3 unspecified atom stereocenters. The van der Waals surface area contributed by atoms with Gasteiger partial charge in [0.1, 0.15) is 5.75 Å². The van der Waals surface area contributed by atoms with Crippen molar-refractivity contribution < 1.29 is 5.11 Å². The minimum atomic E-state index is 0.409. The molecule has 0 saturated carbocycles. The first-order valence-corrected chi connectivity index (χ1v) is 6.73. The van der Waals surface area contributed by atoms with Crippen molar-refractivity contribution in [3.8, 4) is 5.75 Å². The van der Waals surface area contributed by atoms with E-state index in [1.165, 1.54) is 24.0 Å². The van der Waals surface area contributed by atoms with E-state index in [0.717, 1.165) is 24.9 Å². The topological polar surface area (TPSA) is 23.5 Å². The van der Waals surface area contributed by atoms with Crippen molar-refractivity contribution in [2.45, 2.75) is 57.7 Å². The molecule has 1 aromatic carbocycles. The predicted octanol–water partition coefficient (Wildman–Crippen LogP) is 2.73. The number of hydrogen-bond acceptors (Lipinski definition) is 2. The van der Waals surface area contributed by atoms with E-state index in [4.69, 9.17) is 0 Å². The highest BCUT2D eigenvalue weighted by Crippen LogP contribution is 2.34. The molecule has 1 aliphatic heterocycles. The third-order valence-corrected chi connectivity index (χ3v) is 4.54. The van der Waals surface area contributed by atoms with Crippen LogP contribution in [0.15, 0.2) is 18.2 Å². The van der Waals surface area contributed by atoms with Gasteiger partial charge in [-0.3, -0.25) is 4.90 Å². The number of aromatic hydroxyl groups is 1. The molecular formula is C15H21NO. The average molecular weight is 231 g/mol. The molecule has 92 valence electrons. The lowest BCUT2D eigenvalue weighted by Gasteiger charge is -2.32. The van der Waals surface area contributed by atoms with Crippen molar-refractivity contribution >= 4 is 0 Å². The molecule has 1 aromatic rings. The summed E-state index contributed by atoms with van der Waals surface area (Å²) in [7, 11) is 0. The van der Waals surface area contributed by atoms with E-state index in [1.807, 2.05) is 12.1 Å². The molecule has 1 aliphatic carbocycles. The van der Waals surface area contributed by atoms with Crippen LogP contribution in [-0.2, 0) is 12.8 Å². The highest BCUT2D eigenvalue weighted by atomic mass is 16.3. The van der Waals surface area contributed by atoms with Gasteiger partial charge in [-0.25, -0.2) is 0 Å². The SMILES string of the molecule is CC1CCC(C)N1C1Cc2ccc(O)cc2C1. The Morgan fingerprint density at radius 3 is 2.41 bits per heavy atom. The number of likely N-dealkylation sites (tertiary alicyclic amines) is 1. The van der Waals surface area contributed by atoms with Gasteiger partial charge < -0.3 is 5.11 Å². The lowest BCUT2D eigenvalue weighted by Crippen LogP contribution is -2.42. The summed E-state index contributed by atoms with van der Waals surface area (Å²) in [5.74, 6) is 0.409. The largest absolute Gasteiger partial charge is 0.508 e. The van der Waals surface area contributed by atoms with E-state index in [0.29, 0.717) is 11.8 Å². The molecule has 0 bridgehead atoms. The summed E-state index contributed by atoms with van der Waals surface area (Å²) in [5.41, 5.74) is 2.78. The average Bonchev–Trinajstić information content (AvgIpc) is 2.81. The summed E-state index contributed by atoms with van der Waals surface area (Å²) in [4.78, 5) is 2.69. The zero-order chi connectivity index (χ0) is 12.0. The van der Waals surface area contributed by atoms with Gasteiger partial charge in [-0.15, -0.1) is 0 Å². The van der Waals surface area contributed by atoms with Crippen LogP contribution < -0.4 is 0 Å². The smallest absolute Gasteiger partial charge is 0.115 e. The molecule has 0 spiro atoms. The van der Waals surface area contributed by atoms with Crippen LogP contribution in [-0.4, -0.2) is 28.1 Å². The third-order valence-electron chi connectivity index (χ3n) is 4.54. The Hall–Kier alpha value is -1.02.